The van der Waals surface area contributed by atoms with E-state index >= 15 is 0 Å². The van der Waals surface area contributed by atoms with Gasteiger partial charge < -0.3 is 14.8 Å². The minimum absolute atomic E-state index is 0.649. The van der Waals surface area contributed by atoms with Crippen LogP contribution in [0.1, 0.15) is 12.8 Å². The molecule has 0 bridgehead atoms. The smallest absolute Gasteiger partial charge is 0.119 e. The number of anilines is 1. The van der Waals surface area contributed by atoms with Gasteiger partial charge in [-0.1, -0.05) is 0 Å². The topological polar surface area (TPSA) is 30.5 Å². The van der Waals surface area contributed by atoms with Crippen molar-refractivity contribution in [1.29, 1.82) is 0 Å². The van der Waals surface area contributed by atoms with E-state index in [0.717, 1.165) is 31.2 Å². The first-order valence-electron chi connectivity index (χ1n) is 5.84. The molecule has 0 radical (unpaired) electrons. The van der Waals surface area contributed by atoms with E-state index in [9.17, 15) is 0 Å². The maximum atomic E-state index is 5.45. The van der Waals surface area contributed by atoms with Crippen molar-refractivity contribution in [2.24, 2.45) is 5.92 Å². The van der Waals surface area contributed by atoms with E-state index in [1.165, 1.54) is 12.8 Å². The Morgan fingerprint density at radius 3 is 2.81 bits per heavy atom. The van der Waals surface area contributed by atoms with Crippen LogP contribution in [0, 0.1) is 5.92 Å². The molecule has 1 aliphatic rings. The van der Waals surface area contributed by atoms with Crippen LogP contribution in [-0.2, 0) is 4.74 Å². The second kappa shape index (κ2) is 5.75. The summed E-state index contributed by atoms with van der Waals surface area (Å²) in [6, 6.07) is 8.03. The molecule has 0 saturated carbocycles. The molecule has 1 unspecified atom stereocenters. The Morgan fingerprint density at radius 2 is 2.19 bits per heavy atom. The second-order valence-corrected chi connectivity index (χ2v) is 4.19. The molecule has 3 nitrogen and oxygen atoms in total. The highest BCUT2D eigenvalue weighted by Gasteiger charge is 2.13. The van der Waals surface area contributed by atoms with Gasteiger partial charge in [-0.15, -0.1) is 0 Å². The molecule has 0 spiro atoms. The molecule has 1 heterocycles. The Kier molecular flexibility index (Phi) is 4.05. The fourth-order valence-corrected chi connectivity index (χ4v) is 1.94. The minimum atomic E-state index is 0.649. The summed E-state index contributed by atoms with van der Waals surface area (Å²) in [6.45, 7) is 2.81. The van der Waals surface area contributed by atoms with Crippen molar-refractivity contribution < 1.29 is 9.47 Å². The van der Waals surface area contributed by atoms with Crippen molar-refractivity contribution in [2.45, 2.75) is 12.8 Å². The number of ether oxygens (including phenoxy) is 2. The van der Waals surface area contributed by atoms with E-state index < -0.39 is 0 Å². The summed E-state index contributed by atoms with van der Waals surface area (Å²) in [5.74, 6) is 1.54. The molecule has 0 amide bonds. The number of rotatable bonds is 4. The highest BCUT2D eigenvalue weighted by atomic mass is 16.5. The van der Waals surface area contributed by atoms with Crippen LogP contribution in [0.4, 0.5) is 5.69 Å². The van der Waals surface area contributed by atoms with Crippen LogP contribution in [0.2, 0.25) is 0 Å². The zero-order chi connectivity index (χ0) is 11.2. The molecule has 0 aliphatic carbocycles. The average molecular weight is 221 g/mol. The fourth-order valence-electron chi connectivity index (χ4n) is 1.94. The molecule has 88 valence electrons. The first-order chi connectivity index (χ1) is 7.88. The Labute approximate surface area is 96.8 Å². The van der Waals surface area contributed by atoms with E-state index in [0.29, 0.717) is 5.92 Å². The van der Waals surface area contributed by atoms with Gasteiger partial charge in [0.2, 0.25) is 0 Å². The molecular formula is C13H19NO2. The van der Waals surface area contributed by atoms with Crippen LogP contribution >= 0.6 is 0 Å². The molecular weight excluding hydrogens is 202 g/mol. The summed E-state index contributed by atoms with van der Waals surface area (Å²) in [5.41, 5.74) is 1.14. The molecule has 2 rings (SSSR count). The number of benzene rings is 1. The lowest BCUT2D eigenvalue weighted by molar-refractivity contribution is 0.0595. The Bertz CT molecular complexity index is 304. The predicted octanol–water partition coefficient (Wildman–Crippen LogP) is 2.53. The van der Waals surface area contributed by atoms with E-state index in [4.69, 9.17) is 9.47 Å². The van der Waals surface area contributed by atoms with Gasteiger partial charge in [0.15, 0.2) is 0 Å². The van der Waals surface area contributed by atoms with Crippen molar-refractivity contribution in [1.82, 2.24) is 0 Å². The van der Waals surface area contributed by atoms with Gasteiger partial charge >= 0.3 is 0 Å². The summed E-state index contributed by atoms with van der Waals surface area (Å²) in [7, 11) is 1.68. The number of hydrogen-bond donors (Lipinski definition) is 1. The fraction of sp³-hybridized carbons (Fsp3) is 0.538. The molecule has 1 aromatic carbocycles. The van der Waals surface area contributed by atoms with Crippen LogP contribution < -0.4 is 10.1 Å². The lowest BCUT2D eigenvalue weighted by Gasteiger charge is -2.22. The highest BCUT2D eigenvalue weighted by Crippen LogP contribution is 2.17. The molecule has 1 saturated heterocycles. The van der Waals surface area contributed by atoms with Gasteiger partial charge in [-0.2, -0.15) is 0 Å². The van der Waals surface area contributed by atoms with Gasteiger partial charge in [0.25, 0.3) is 0 Å². The Balaban J connectivity index is 1.79. The third-order valence-electron chi connectivity index (χ3n) is 2.94. The second-order valence-electron chi connectivity index (χ2n) is 4.19. The quantitative estimate of drug-likeness (QED) is 0.847. The molecule has 1 atom stereocenters. The maximum Gasteiger partial charge on any atom is 0.119 e. The first kappa shape index (κ1) is 11.3. The predicted molar refractivity (Wildman–Crippen MR) is 65.0 cm³/mol. The van der Waals surface area contributed by atoms with Crippen LogP contribution in [0.15, 0.2) is 24.3 Å². The third kappa shape index (κ3) is 3.14. The lowest BCUT2D eigenvalue weighted by atomic mass is 10.0. The first-order valence-corrected chi connectivity index (χ1v) is 5.84. The Morgan fingerprint density at radius 1 is 1.38 bits per heavy atom. The third-order valence-corrected chi connectivity index (χ3v) is 2.94. The van der Waals surface area contributed by atoms with Crippen LogP contribution in [0.25, 0.3) is 0 Å². The lowest BCUT2D eigenvalue weighted by Crippen LogP contribution is -2.24. The molecule has 3 heteroatoms. The van der Waals surface area contributed by atoms with Crippen LogP contribution in [0.3, 0.4) is 0 Å². The van der Waals surface area contributed by atoms with E-state index in [-0.39, 0.29) is 0 Å². The molecule has 1 aromatic rings. The summed E-state index contributed by atoms with van der Waals surface area (Å²) in [5, 5.41) is 3.43. The number of hydrogen-bond acceptors (Lipinski definition) is 3. The van der Waals surface area contributed by atoms with Crippen LogP contribution in [0.5, 0.6) is 5.75 Å². The van der Waals surface area contributed by atoms with Crippen molar-refractivity contribution in [3.63, 3.8) is 0 Å². The monoisotopic (exact) mass is 221 g/mol. The van der Waals surface area contributed by atoms with E-state index in [1.807, 2.05) is 24.3 Å². The van der Waals surface area contributed by atoms with Crippen LogP contribution in [-0.4, -0.2) is 26.9 Å². The zero-order valence-corrected chi connectivity index (χ0v) is 9.74. The summed E-state index contributed by atoms with van der Waals surface area (Å²) < 4.78 is 10.6. The van der Waals surface area contributed by atoms with Crippen molar-refractivity contribution >= 4 is 5.69 Å². The summed E-state index contributed by atoms with van der Waals surface area (Å²) in [4.78, 5) is 0. The molecule has 1 N–H and O–H groups in total. The molecule has 1 fully saturated rings. The largest absolute Gasteiger partial charge is 0.497 e. The number of nitrogens with one attached hydrogen (secondary N) is 1. The maximum absolute atomic E-state index is 5.45. The van der Waals surface area contributed by atoms with E-state index in [1.54, 1.807) is 7.11 Å². The minimum Gasteiger partial charge on any atom is -0.497 e. The van der Waals surface area contributed by atoms with Gasteiger partial charge in [0.1, 0.15) is 5.75 Å². The van der Waals surface area contributed by atoms with Crippen molar-refractivity contribution in [3.05, 3.63) is 24.3 Å². The highest BCUT2D eigenvalue weighted by molar-refractivity contribution is 5.46. The van der Waals surface area contributed by atoms with Crippen molar-refractivity contribution in [3.8, 4) is 5.75 Å². The van der Waals surface area contributed by atoms with Gasteiger partial charge in [0.05, 0.1) is 13.7 Å². The van der Waals surface area contributed by atoms with Gasteiger partial charge in [0, 0.05) is 18.8 Å². The van der Waals surface area contributed by atoms with Crippen molar-refractivity contribution in [2.75, 3.05) is 32.2 Å². The normalized spacial score (nSPS) is 20.4. The molecule has 16 heavy (non-hydrogen) atoms. The molecule has 0 aromatic heterocycles. The summed E-state index contributed by atoms with van der Waals surface area (Å²) in [6.07, 6.45) is 2.46. The van der Waals surface area contributed by atoms with Gasteiger partial charge in [-0.3, -0.25) is 0 Å². The standard InChI is InChI=1S/C13H19NO2/c1-15-13-6-4-12(5-7-13)14-9-11-3-2-8-16-10-11/h4-7,11,14H,2-3,8-10H2,1H3. The van der Waals surface area contributed by atoms with Gasteiger partial charge in [-0.05, 0) is 43.0 Å². The number of methoxy groups -OCH3 is 1. The Hall–Kier alpha value is -1.22. The van der Waals surface area contributed by atoms with Gasteiger partial charge in [-0.25, -0.2) is 0 Å². The molecule has 1 aliphatic heterocycles. The summed E-state index contributed by atoms with van der Waals surface area (Å²) >= 11 is 0. The van der Waals surface area contributed by atoms with E-state index in [2.05, 4.69) is 5.32 Å². The SMILES string of the molecule is COc1ccc(NCC2CCCOC2)cc1. The zero-order valence-electron chi connectivity index (χ0n) is 9.74. The average Bonchev–Trinajstić information content (AvgIpc) is 2.38.